The van der Waals surface area contributed by atoms with Gasteiger partial charge in [0.2, 0.25) is 5.91 Å². The first-order valence-corrected chi connectivity index (χ1v) is 7.41. The minimum absolute atomic E-state index is 0.00397. The molecule has 0 saturated carbocycles. The number of halogens is 1. The molecular weight excluding hydrogens is 287 g/mol. The van der Waals surface area contributed by atoms with Crippen LogP contribution in [0.25, 0.3) is 0 Å². The zero-order chi connectivity index (χ0) is 16.1. The third-order valence-electron chi connectivity index (χ3n) is 3.62. The molecule has 1 aliphatic heterocycles. The van der Waals surface area contributed by atoms with Crippen molar-refractivity contribution in [2.75, 3.05) is 25.5 Å². The van der Waals surface area contributed by atoms with E-state index in [1.807, 2.05) is 0 Å². The highest BCUT2D eigenvalue weighted by atomic mass is 19.1. The van der Waals surface area contributed by atoms with Crippen molar-refractivity contribution in [3.63, 3.8) is 0 Å². The highest BCUT2D eigenvalue weighted by Crippen LogP contribution is 2.18. The topological polar surface area (TPSA) is 58.6 Å². The van der Waals surface area contributed by atoms with E-state index in [1.54, 1.807) is 7.05 Å². The number of nitrogens with zero attached hydrogens (tertiary/aromatic N) is 1. The van der Waals surface area contributed by atoms with Crippen molar-refractivity contribution in [1.29, 1.82) is 0 Å². The molecule has 5 nitrogen and oxygen atoms in total. The van der Waals surface area contributed by atoms with Gasteiger partial charge < -0.3 is 15.0 Å². The summed E-state index contributed by atoms with van der Waals surface area (Å²) in [6.07, 6.45) is 3.04. The van der Waals surface area contributed by atoms with Gasteiger partial charge >= 0.3 is 0 Å². The van der Waals surface area contributed by atoms with Crippen molar-refractivity contribution in [2.24, 2.45) is 0 Å². The third-order valence-corrected chi connectivity index (χ3v) is 3.62. The number of hydrogen-bond donors (Lipinski definition) is 1. The van der Waals surface area contributed by atoms with Crippen LogP contribution in [0.3, 0.4) is 0 Å². The van der Waals surface area contributed by atoms with E-state index in [4.69, 9.17) is 4.74 Å². The zero-order valence-electron chi connectivity index (χ0n) is 12.9. The van der Waals surface area contributed by atoms with Gasteiger partial charge in [-0.25, -0.2) is 4.39 Å². The Kier molecular flexibility index (Phi) is 5.49. The predicted molar refractivity (Wildman–Crippen MR) is 81.3 cm³/mol. The number of hydrogen-bond acceptors (Lipinski definition) is 3. The van der Waals surface area contributed by atoms with Crippen LogP contribution in [-0.2, 0) is 9.53 Å². The van der Waals surface area contributed by atoms with Crippen molar-refractivity contribution in [1.82, 2.24) is 4.90 Å². The second-order valence-corrected chi connectivity index (χ2v) is 5.55. The summed E-state index contributed by atoms with van der Waals surface area (Å²) in [7, 11) is 1.63. The lowest BCUT2D eigenvalue weighted by molar-refractivity contribution is -0.114. The molecular formula is C16H21FN2O3. The SMILES string of the molecule is CC(=O)Nc1ccc(F)c(C(=O)N(C)C[C@H]2CCCCO2)c1. The van der Waals surface area contributed by atoms with Gasteiger partial charge in [0, 0.05) is 32.8 Å². The molecule has 1 saturated heterocycles. The molecule has 22 heavy (non-hydrogen) atoms. The van der Waals surface area contributed by atoms with E-state index in [2.05, 4.69) is 5.32 Å². The lowest BCUT2D eigenvalue weighted by Gasteiger charge is -2.27. The van der Waals surface area contributed by atoms with Gasteiger partial charge in [0.1, 0.15) is 5.82 Å². The van der Waals surface area contributed by atoms with Gasteiger partial charge in [-0.1, -0.05) is 0 Å². The third kappa shape index (κ3) is 4.27. The number of anilines is 1. The minimum Gasteiger partial charge on any atom is -0.376 e. The predicted octanol–water partition coefficient (Wildman–Crippen LogP) is 2.43. The Morgan fingerprint density at radius 3 is 2.82 bits per heavy atom. The molecule has 0 spiro atoms. The average Bonchev–Trinajstić information content (AvgIpc) is 2.49. The first-order chi connectivity index (χ1) is 10.5. The second-order valence-electron chi connectivity index (χ2n) is 5.55. The molecule has 0 aromatic heterocycles. The Bertz CT molecular complexity index is 556. The van der Waals surface area contributed by atoms with Crippen LogP contribution < -0.4 is 5.32 Å². The smallest absolute Gasteiger partial charge is 0.256 e. The zero-order valence-corrected chi connectivity index (χ0v) is 12.9. The van der Waals surface area contributed by atoms with Crippen LogP contribution in [0.15, 0.2) is 18.2 Å². The number of rotatable bonds is 4. The summed E-state index contributed by atoms with van der Waals surface area (Å²) in [4.78, 5) is 24.9. The fraction of sp³-hybridized carbons (Fsp3) is 0.500. The monoisotopic (exact) mass is 308 g/mol. The summed E-state index contributed by atoms with van der Waals surface area (Å²) in [5.74, 6) is -1.29. The molecule has 2 rings (SSSR count). The van der Waals surface area contributed by atoms with Crippen LogP contribution in [0, 0.1) is 5.82 Å². The van der Waals surface area contributed by atoms with E-state index >= 15 is 0 Å². The maximum absolute atomic E-state index is 13.9. The Hall–Kier alpha value is -1.95. The van der Waals surface area contributed by atoms with Crippen molar-refractivity contribution < 1.29 is 18.7 Å². The molecule has 0 unspecified atom stereocenters. The maximum atomic E-state index is 13.9. The fourth-order valence-electron chi connectivity index (χ4n) is 2.52. The molecule has 1 aromatic rings. The molecule has 2 amide bonds. The summed E-state index contributed by atoms with van der Waals surface area (Å²) in [5, 5.41) is 2.55. The van der Waals surface area contributed by atoms with Gasteiger partial charge in [0.25, 0.3) is 5.91 Å². The van der Waals surface area contributed by atoms with Crippen molar-refractivity contribution in [2.45, 2.75) is 32.3 Å². The number of carbonyl (C=O) groups excluding carboxylic acids is 2. The van der Waals surface area contributed by atoms with Crippen molar-refractivity contribution in [3.8, 4) is 0 Å². The molecule has 1 heterocycles. The normalized spacial score (nSPS) is 17.9. The molecule has 1 aliphatic rings. The largest absolute Gasteiger partial charge is 0.376 e. The lowest BCUT2D eigenvalue weighted by atomic mass is 10.1. The molecule has 1 fully saturated rings. The molecule has 1 atom stereocenters. The first kappa shape index (κ1) is 16.4. The Morgan fingerprint density at radius 2 is 2.18 bits per heavy atom. The summed E-state index contributed by atoms with van der Waals surface area (Å²) >= 11 is 0. The molecule has 1 aromatic carbocycles. The van der Waals surface area contributed by atoms with Gasteiger partial charge in [-0.15, -0.1) is 0 Å². The van der Waals surface area contributed by atoms with Crippen molar-refractivity contribution >= 4 is 17.5 Å². The van der Waals surface area contributed by atoms with E-state index in [0.717, 1.165) is 19.3 Å². The fourth-order valence-corrected chi connectivity index (χ4v) is 2.52. The number of nitrogens with one attached hydrogen (secondary N) is 1. The number of likely N-dealkylation sites (N-methyl/N-ethyl adjacent to an activating group) is 1. The van der Waals surface area contributed by atoms with E-state index in [0.29, 0.717) is 18.8 Å². The molecule has 1 N–H and O–H groups in total. The Labute approximate surface area is 129 Å². The lowest BCUT2D eigenvalue weighted by Crippen LogP contribution is -2.37. The number of ether oxygens (including phenoxy) is 1. The second kappa shape index (κ2) is 7.35. The highest BCUT2D eigenvalue weighted by molar-refractivity contribution is 5.97. The molecule has 120 valence electrons. The molecule has 6 heteroatoms. The summed E-state index contributed by atoms with van der Waals surface area (Å²) in [6, 6.07) is 3.97. The van der Waals surface area contributed by atoms with Crippen LogP contribution in [0.1, 0.15) is 36.5 Å². The van der Waals surface area contributed by atoms with Crippen LogP contribution in [-0.4, -0.2) is 43.0 Å². The van der Waals surface area contributed by atoms with Crippen LogP contribution >= 0.6 is 0 Å². The Morgan fingerprint density at radius 1 is 1.41 bits per heavy atom. The van der Waals surface area contributed by atoms with E-state index in [1.165, 1.54) is 30.0 Å². The average molecular weight is 308 g/mol. The quantitative estimate of drug-likeness (QED) is 0.929. The van der Waals surface area contributed by atoms with Gasteiger partial charge in [-0.3, -0.25) is 9.59 Å². The molecule has 0 bridgehead atoms. The minimum atomic E-state index is -0.601. The number of amides is 2. The highest BCUT2D eigenvalue weighted by Gasteiger charge is 2.22. The van der Waals surface area contributed by atoms with Gasteiger partial charge in [-0.2, -0.15) is 0 Å². The van der Waals surface area contributed by atoms with E-state index in [9.17, 15) is 14.0 Å². The van der Waals surface area contributed by atoms with Crippen LogP contribution in [0.2, 0.25) is 0 Å². The summed E-state index contributed by atoms with van der Waals surface area (Å²) < 4.78 is 19.5. The van der Waals surface area contributed by atoms with Gasteiger partial charge in [0.05, 0.1) is 11.7 Å². The summed E-state index contributed by atoms with van der Waals surface area (Å²) in [5.41, 5.74) is 0.351. The number of carbonyl (C=O) groups is 2. The van der Waals surface area contributed by atoms with Gasteiger partial charge in [0.15, 0.2) is 0 Å². The molecule has 0 radical (unpaired) electrons. The Balaban J connectivity index is 2.08. The van der Waals surface area contributed by atoms with E-state index < -0.39 is 11.7 Å². The standard InChI is InChI=1S/C16H21FN2O3/c1-11(20)18-12-6-7-15(17)14(9-12)16(21)19(2)10-13-5-3-4-8-22-13/h6-7,9,13H,3-5,8,10H2,1-2H3,(H,18,20)/t13-/m1/s1. The van der Waals surface area contributed by atoms with E-state index in [-0.39, 0.29) is 17.6 Å². The summed E-state index contributed by atoms with van der Waals surface area (Å²) in [6.45, 7) is 2.50. The van der Waals surface area contributed by atoms with Gasteiger partial charge in [-0.05, 0) is 37.5 Å². The maximum Gasteiger partial charge on any atom is 0.256 e. The first-order valence-electron chi connectivity index (χ1n) is 7.41. The number of benzene rings is 1. The van der Waals surface area contributed by atoms with Crippen molar-refractivity contribution in [3.05, 3.63) is 29.6 Å². The molecule has 0 aliphatic carbocycles. The van der Waals surface area contributed by atoms with Crippen LogP contribution in [0.4, 0.5) is 10.1 Å². The van der Waals surface area contributed by atoms with Crippen LogP contribution in [0.5, 0.6) is 0 Å².